The van der Waals surface area contributed by atoms with Crippen LogP contribution in [0.1, 0.15) is 58.1 Å². The summed E-state index contributed by atoms with van der Waals surface area (Å²) >= 11 is 0. The van der Waals surface area contributed by atoms with Gasteiger partial charge < -0.3 is 9.80 Å². The van der Waals surface area contributed by atoms with Crippen LogP contribution in [0.3, 0.4) is 0 Å². The molecule has 2 aromatic rings. The van der Waals surface area contributed by atoms with E-state index in [1.54, 1.807) is 0 Å². The molecule has 0 amide bonds. The maximum atomic E-state index is 4.68. The van der Waals surface area contributed by atoms with Gasteiger partial charge in [0.25, 0.3) is 0 Å². The molecule has 6 rings (SSSR count). The van der Waals surface area contributed by atoms with Gasteiger partial charge in [-0.25, -0.2) is 0 Å². The number of rotatable bonds is 4. The Morgan fingerprint density at radius 3 is 2.48 bits per heavy atom. The minimum Gasteiger partial charge on any atom is -0.351 e. The highest BCUT2D eigenvalue weighted by molar-refractivity contribution is 5.61. The second-order valence-corrected chi connectivity index (χ2v) is 12.2. The molecule has 2 aromatic heterocycles. The fraction of sp³-hybridized carbons (Fsp3) is 0.741. The molecular weight excluding hydrogens is 408 g/mol. The fourth-order valence-electron chi connectivity index (χ4n) is 8.51. The standard InChI is InChI=1S/C27H40N6/c1-18-9-21-10-19(2)12-27(11-18,13-21)17-32-14-22-7-8-33(25(22)16-32)26-6-5-24(28-29-26)23-15-31(4)30-20(23)3/h5-6,15,18-19,21-22,25H,7-14,16-17H2,1-4H3. The number of aryl methyl sites for hydroxylation is 2. The highest BCUT2D eigenvalue weighted by Gasteiger charge is 2.48. The van der Waals surface area contributed by atoms with Gasteiger partial charge in [-0.15, -0.1) is 10.2 Å². The summed E-state index contributed by atoms with van der Waals surface area (Å²) in [4.78, 5) is 5.38. The number of fused-ring (bicyclic) bond motifs is 3. The third-order valence-corrected chi connectivity index (χ3v) is 9.17. The maximum Gasteiger partial charge on any atom is 0.151 e. The van der Waals surface area contributed by atoms with Gasteiger partial charge in [-0.05, 0) is 86.7 Å². The van der Waals surface area contributed by atoms with E-state index in [-0.39, 0.29) is 0 Å². The minimum atomic E-state index is 0.576. The molecule has 0 aromatic carbocycles. The first-order valence-corrected chi connectivity index (χ1v) is 13.2. The van der Waals surface area contributed by atoms with Crippen molar-refractivity contribution in [3.05, 3.63) is 24.0 Å². The Labute approximate surface area is 198 Å². The van der Waals surface area contributed by atoms with Crippen molar-refractivity contribution in [2.75, 3.05) is 31.1 Å². The van der Waals surface area contributed by atoms with E-state index in [0.29, 0.717) is 11.5 Å². The van der Waals surface area contributed by atoms with Crippen molar-refractivity contribution in [1.29, 1.82) is 0 Å². The molecule has 0 N–H and O–H groups in total. The number of anilines is 1. The van der Waals surface area contributed by atoms with E-state index >= 15 is 0 Å². The fourth-order valence-corrected chi connectivity index (χ4v) is 8.51. The Hall–Kier alpha value is -1.95. The molecular formula is C27H40N6. The Morgan fingerprint density at radius 2 is 1.82 bits per heavy atom. The van der Waals surface area contributed by atoms with Crippen LogP contribution in [-0.4, -0.2) is 57.1 Å². The molecule has 4 atom stereocenters. The molecule has 4 heterocycles. The molecule has 6 heteroatoms. The number of aromatic nitrogens is 4. The highest BCUT2D eigenvalue weighted by atomic mass is 15.3. The molecule has 2 saturated heterocycles. The van der Waals surface area contributed by atoms with Crippen LogP contribution < -0.4 is 4.90 Å². The lowest BCUT2D eigenvalue weighted by molar-refractivity contribution is -0.00603. The summed E-state index contributed by atoms with van der Waals surface area (Å²) < 4.78 is 1.85. The predicted molar refractivity (Wildman–Crippen MR) is 132 cm³/mol. The molecule has 4 unspecified atom stereocenters. The second kappa shape index (κ2) is 8.07. The molecule has 2 saturated carbocycles. The van der Waals surface area contributed by atoms with Crippen molar-refractivity contribution in [3.63, 3.8) is 0 Å². The number of likely N-dealkylation sites (tertiary alicyclic amines) is 1. The summed E-state index contributed by atoms with van der Waals surface area (Å²) in [6.45, 7) is 12.0. The van der Waals surface area contributed by atoms with E-state index in [4.69, 9.17) is 0 Å². The molecule has 0 spiro atoms. The number of hydrogen-bond donors (Lipinski definition) is 0. The van der Waals surface area contributed by atoms with Gasteiger partial charge in [-0.3, -0.25) is 4.68 Å². The molecule has 6 nitrogen and oxygen atoms in total. The van der Waals surface area contributed by atoms with E-state index < -0.39 is 0 Å². The van der Waals surface area contributed by atoms with Gasteiger partial charge in [0.05, 0.1) is 11.4 Å². The minimum absolute atomic E-state index is 0.576. The lowest BCUT2D eigenvalue weighted by atomic mass is 9.56. The average molecular weight is 449 g/mol. The van der Waals surface area contributed by atoms with E-state index in [1.807, 2.05) is 24.9 Å². The summed E-state index contributed by atoms with van der Waals surface area (Å²) in [5.74, 6) is 4.62. The predicted octanol–water partition coefficient (Wildman–Crippen LogP) is 4.55. The van der Waals surface area contributed by atoms with Crippen LogP contribution in [0, 0.1) is 36.0 Å². The number of nitrogens with zero attached hydrogens (tertiary/aromatic N) is 6. The Kier molecular flexibility index (Phi) is 5.28. The molecule has 4 fully saturated rings. The van der Waals surface area contributed by atoms with Crippen LogP contribution in [0.25, 0.3) is 11.3 Å². The van der Waals surface area contributed by atoms with E-state index in [1.165, 1.54) is 58.2 Å². The average Bonchev–Trinajstić information content (AvgIpc) is 3.40. The first-order valence-electron chi connectivity index (χ1n) is 13.2. The van der Waals surface area contributed by atoms with Crippen molar-refractivity contribution >= 4 is 5.82 Å². The van der Waals surface area contributed by atoms with Gasteiger partial charge in [0, 0.05) is 51.0 Å². The molecule has 2 bridgehead atoms. The van der Waals surface area contributed by atoms with E-state index in [9.17, 15) is 0 Å². The normalized spacial score (nSPS) is 36.4. The van der Waals surface area contributed by atoms with Crippen molar-refractivity contribution in [2.45, 2.75) is 65.3 Å². The Bertz CT molecular complexity index is 977. The van der Waals surface area contributed by atoms with Crippen molar-refractivity contribution < 1.29 is 0 Å². The van der Waals surface area contributed by atoms with Crippen LogP contribution in [0.2, 0.25) is 0 Å². The van der Waals surface area contributed by atoms with Crippen LogP contribution in [-0.2, 0) is 7.05 Å². The van der Waals surface area contributed by atoms with Crippen LogP contribution >= 0.6 is 0 Å². The smallest absolute Gasteiger partial charge is 0.151 e. The quantitative estimate of drug-likeness (QED) is 0.687. The molecule has 2 aliphatic carbocycles. The zero-order chi connectivity index (χ0) is 22.7. The van der Waals surface area contributed by atoms with Gasteiger partial charge >= 0.3 is 0 Å². The molecule has 33 heavy (non-hydrogen) atoms. The topological polar surface area (TPSA) is 50.1 Å². The highest BCUT2D eigenvalue weighted by Crippen LogP contribution is 2.53. The van der Waals surface area contributed by atoms with E-state index in [2.05, 4.69) is 51.1 Å². The molecule has 178 valence electrons. The van der Waals surface area contributed by atoms with Gasteiger partial charge in [0.2, 0.25) is 0 Å². The Balaban J connectivity index is 1.15. The maximum absolute atomic E-state index is 4.68. The van der Waals surface area contributed by atoms with E-state index in [0.717, 1.165) is 53.0 Å². The zero-order valence-corrected chi connectivity index (χ0v) is 20.9. The largest absolute Gasteiger partial charge is 0.351 e. The van der Waals surface area contributed by atoms with Gasteiger partial charge in [-0.2, -0.15) is 5.10 Å². The lowest BCUT2D eigenvalue weighted by Crippen LogP contribution is -2.47. The van der Waals surface area contributed by atoms with Crippen LogP contribution in [0.15, 0.2) is 18.3 Å². The molecule has 2 aliphatic heterocycles. The zero-order valence-electron chi connectivity index (χ0n) is 20.9. The molecule has 4 aliphatic rings. The summed E-state index contributed by atoms with van der Waals surface area (Å²) in [6.07, 6.45) is 10.6. The monoisotopic (exact) mass is 448 g/mol. The first-order chi connectivity index (χ1) is 15.9. The molecule has 0 radical (unpaired) electrons. The number of hydrogen-bond acceptors (Lipinski definition) is 5. The first kappa shape index (κ1) is 21.6. The van der Waals surface area contributed by atoms with Crippen LogP contribution in [0.4, 0.5) is 5.82 Å². The summed E-state index contributed by atoms with van der Waals surface area (Å²) in [7, 11) is 1.95. The van der Waals surface area contributed by atoms with Crippen LogP contribution in [0.5, 0.6) is 0 Å². The second-order valence-electron chi connectivity index (χ2n) is 12.2. The lowest BCUT2D eigenvalue weighted by Gasteiger charge is -2.51. The summed E-state index contributed by atoms with van der Waals surface area (Å²) in [5, 5.41) is 13.7. The SMILES string of the molecule is Cc1nn(C)cc1-c1ccc(N2CCC3CN(CC45CC(C)CC(CC(C)C4)C5)CC32)nn1. The third kappa shape index (κ3) is 3.98. The van der Waals surface area contributed by atoms with Gasteiger partial charge in [0.1, 0.15) is 0 Å². The van der Waals surface area contributed by atoms with Crippen molar-refractivity contribution in [3.8, 4) is 11.3 Å². The van der Waals surface area contributed by atoms with Crippen molar-refractivity contribution in [1.82, 2.24) is 24.9 Å². The Morgan fingerprint density at radius 1 is 1.03 bits per heavy atom. The summed E-state index contributed by atoms with van der Waals surface area (Å²) in [5.41, 5.74) is 3.57. The van der Waals surface area contributed by atoms with Gasteiger partial charge in [0.15, 0.2) is 5.82 Å². The summed E-state index contributed by atoms with van der Waals surface area (Å²) in [6, 6.07) is 4.90. The third-order valence-electron chi connectivity index (χ3n) is 9.17. The van der Waals surface area contributed by atoms with Gasteiger partial charge in [-0.1, -0.05) is 13.8 Å². The van der Waals surface area contributed by atoms with Crippen molar-refractivity contribution in [2.24, 2.45) is 36.1 Å².